The van der Waals surface area contributed by atoms with E-state index in [1.807, 2.05) is 50.2 Å². The summed E-state index contributed by atoms with van der Waals surface area (Å²) < 4.78 is 5.12. The Bertz CT molecular complexity index is 585. The molecule has 0 saturated heterocycles. The van der Waals surface area contributed by atoms with E-state index in [1.54, 1.807) is 7.11 Å². The number of methoxy groups -OCH3 is 1. The number of rotatable bonds is 5. The van der Waals surface area contributed by atoms with Crippen LogP contribution in [0, 0.1) is 13.8 Å². The van der Waals surface area contributed by atoms with Gasteiger partial charge in [0.2, 0.25) is 0 Å². The normalized spacial score (nSPS) is 12.0. The zero-order valence-electron chi connectivity index (χ0n) is 12.6. The molecule has 0 spiro atoms. The molecule has 112 valence electrons. The van der Waals surface area contributed by atoms with Gasteiger partial charge in [-0.25, -0.2) is 0 Å². The molecule has 0 aromatic heterocycles. The van der Waals surface area contributed by atoms with E-state index in [1.165, 1.54) is 0 Å². The Morgan fingerprint density at radius 2 is 1.67 bits per heavy atom. The lowest BCUT2D eigenvalue weighted by Crippen LogP contribution is -2.15. The molecule has 0 heterocycles. The summed E-state index contributed by atoms with van der Waals surface area (Å²) in [5, 5.41) is 22.8. The van der Waals surface area contributed by atoms with Crippen molar-refractivity contribution in [3.8, 4) is 11.5 Å². The second kappa shape index (κ2) is 6.50. The highest BCUT2D eigenvalue weighted by molar-refractivity contribution is 5.50. The molecule has 1 unspecified atom stereocenters. The maximum absolute atomic E-state index is 9.84. The number of phenolic OH excluding ortho intramolecular Hbond substituents is 1. The van der Waals surface area contributed by atoms with Crippen molar-refractivity contribution in [2.24, 2.45) is 0 Å². The zero-order chi connectivity index (χ0) is 15.4. The van der Waals surface area contributed by atoms with Gasteiger partial charge in [-0.3, -0.25) is 0 Å². The van der Waals surface area contributed by atoms with E-state index in [4.69, 9.17) is 4.74 Å². The topological polar surface area (TPSA) is 61.7 Å². The third kappa shape index (κ3) is 3.47. The summed E-state index contributed by atoms with van der Waals surface area (Å²) in [6.07, 6.45) is 0. The first kappa shape index (κ1) is 15.2. The number of hydrogen-bond donors (Lipinski definition) is 3. The summed E-state index contributed by atoms with van der Waals surface area (Å²) in [5.41, 5.74) is 3.46. The van der Waals surface area contributed by atoms with Crippen LogP contribution in [0.2, 0.25) is 0 Å². The molecule has 3 N–H and O–H groups in total. The number of aromatic hydroxyl groups is 1. The van der Waals surface area contributed by atoms with Crippen LogP contribution in [0.1, 0.15) is 22.7 Å². The van der Waals surface area contributed by atoms with Crippen LogP contribution in [0.15, 0.2) is 36.4 Å². The number of hydrogen-bond acceptors (Lipinski definition) is 4. The van der Waals surface area contributed by atoms with Crippen molar-refractivity contribution in [1.29, 1.82) is 0 Å². The van der Waals surface area contributed by atoms with E-state index in [0.717, 1.165) is 28.1 Å². The maximum atomic E-state index is 9.84. The molecular weight excluding hydrogens is 266 g/mol. The van der Waals surface area contributed by atoms with Crippen LogP contribution in [0.5, 0.6) is 11.5 Å². The van der Waals surface area contributed by atoms with E-state index in [9.17, 15) is 10.2 Å². The Balaban J connectivity index is 2.23. The molecule has 0 radical (unpaired) electrons. The van der Waals surface area contributed by atoms with Crippen molar-refractivity contribution >= 4 is 5.69 Å². The van der Waals surface area contributed by atoms with E-state index >= 15 is 0 Å². The quantitative estimate of drug-likeness (QED) is 0.790. The Hall–Kier alpha value is -2.20. The van der Waals surface area contributed by atoms with Crippen LogP contribution in [0.25, 0.3) is 0 Å². The zero-order valence-corrected chi connectivity index (χ0v) is 12.6. The van der Waals surface area contributed by atoms with E-state index in [2.05, 4.69) is 5.32 Å². The van der Waals surface area contributed by atoms with E-state index in [-0.39, 0.29) is 12.6 Å². The molecule has 21 heavy (non-hydrogen) atoms. The Kier molecular flexibility index (Phi) is 4.70. The Labute approximate surface area is 125 Å². The van der Waals surface area contributed by atoms with Gasteiger partial charge in [-0.1, -0.05) is 12.1 Å². The predicted molar refractivity (Wildman–Crippen MR) is 84.0 cm³/mol. The minimum absolute atomic E-state index is 0.0321. The summed E-state index contributed by atoms with van der Waals surface area (Å²) in [7, 11) is 1.63. The number of aliphatic hydroxyl groups is 1. The fourth-order valence-electron chi connectivity index (χ4n) is 2.31. The molecule has 2 aromatic carbocycles. The van der Waals surface area contributed by atoms with Crippen LogP contribution in [-0.4, -0.2) is 23.9 Å². The first-order valence-electron chi connectivity index (χ1n) is 6.86. The molecule has 4 heteroatoms. The molecule has 0 aliphatic carbocycles. The molecule has 2 aromatic rings. The van der Waals surface area contributed by atoms with Crippen LogP contribution in [0.4, 0.5) is 5.69 Å². The SMILES string of the molecule is COc1ccc(NC(CO)c2cc(C)c(O)c(C)c2)cc1. The molecular formula is C17H21NO3. The summed E-state index contributed by atoms with van der Waals surface area (Å²) >= 11 is 0. The van der Waals surface area contributed by atoms with Gasteiger partial charge in [0.1, 0.15) is 11.5 Å². The first-order valence-corrected chi connectivity index (χ1v) is 6.86. The van der Waals surface area contributed by atoms with E-state index in [0.29, 0.717) is 5.75 Å². The molecule has 0 aliphatic heterocycles. The van der Waals surface area contributed by atoms with Gasteiger partial charge < -0.3 is 20.3 Å². The Morgan fingerprint density at radius 1 is 1.10 bits per heavy atom. The number of benzene rings is 2. The third-order valence-electron chi connectivity index (χ3n) is 3.53. The smallest absolute Gasteiger partial charge is 0.121 e. The highest BCUT2D eigenvalue weighted by Gasteiger charge is 2.13. The van der Waals surface area contributed by atoms with Crippen molar-refractivity contribution in [3.05, 3.63) is 53.1 Å². The van der Waals surface area contributed by atoms with Crippen molar-refractivity contribution < 1.29 is 14.9 Å². The lowest BCUT2D eigenvalue weighted by atomic mass is 10.0. The number of aliphatic hydroxyl groups excluding tert-OH is 1. The summed E-state index contributed by atoms with van der Waals surface area (Å²) in [6, 6.07) is 11.1. The number of ether oxygens (including phenoxy) is 1. The molecule has 4 nitrogen and oxygen atoms in total. The second-order valence-corrected chi connectivity index (χ2v) is 5.11. The fourth-order valence-corrected chi connectivity index (χ4v) is 2.31. The van der Waals surface area contributed by atoms with Gasteiger partial charge >= 0.3 is 0 Å². The molecule has 0 aliphatic rings. The predicted octanol–water partition coefficient (Wildman–Crippen LogP) is 3.16. The van der Waals surface area contributed by atoms with Gasteiger partial charge in [-0.2, -0.15) is 0 Å². The van der Waals surface area contributed by atoms with Gasteiger partial charge in [-0.15, -0.1) is 0 Å². The van der Waals surface area contributed by atoms with Crippen LogP contribution in [-0.2, 0) is 0 Å². The summed E-state index contributed by atoms with van der Waals surface area (Å²) in [6.45, 7) is 3.68. The number of anilines is 1. The van der Waals surface area contributed by atoms with Crippen LogP contribution < -0.4 is 10.1 Å². The Morgan fingerprint density at radius 3 is 2.14 bits per heavy atom. The van der Waals surface area contributed by atoms with Gasteiger partial charge in [0.15, 0.2) is 0 Å². The largest absolute Gasteiger partial charge is 0.507 e. The maximum Gasteiger partial charge on any atom is 0.121 e. The van der Waals surface area contributed by atoms with Gasteiger partial charge in [0.05, 0.1) is 19.8 Å². The molecule has 0 amide bonds. The molecule has 2 rings (SSSR count). The molecule has 0 saturated carbocycles. The molecule has 0 fully saturated rings. The van der Waals surface area contributed by atoms with Gasteiger partial charge in [0.25, 0.3) is 0 Å². The van der Waals surface area contributed by atoms with Crippen molar-refractivity contribution in [2.45, 2.75) is 19.9 Å². The highest BCUT2D eigenvalue weighted by atomic mass is 16.5. The number of nitrogens with one attached hydrogen (secondary N) is 1. The van der Waals surface area contributed by atoms with Gasteiger partial charge in [0, 0.05) is 5.69 Å². The average molecular weight is 287 g/mol. The summed E-state index contributed by atoms with van der Waals surface area (Å²) in [5.74, 6) is 1.09. The molecule has 0 bridgehead atoms. The average Bonchev–Trinajstić information content (AvgIpc) is 2.50. The van der Waals surface area contributed by atoms with E-state index < -0.39 is 0 Å². The summed E-state index contributed by atoms with van der Waals surface area (Å²) in [4.78, 5) is 0. The van der Waals surface area contributed by atoms with Crippen molar-refractivity contribution in [2.75, 3.05) is 19.0 Å². The second-order valence-electron chi connectivity index (χ2n) is 5.11. The first-order chi connectivity index (χ1) is 10.0. The fraction of sp³-hybridized carbons (Fsp3) is 0.294. The third-order valence-corrected chi connectivity index (χ3v) is 3.53. The van der Waals surface area contributed by atoms with Crippen LogP contribution in [0.3, 0.4) is 0 Å². The number of aryl methyl sites for hydroxylation is 2. The minimum Gasteiger partial charge on any atom is -0.507 e. The molecule has 1 atom stereocenters. The van der Waals surface area contributed by atoms with Crippen molar-refractivity contribution in [3.63, 3.8) is 0 Å². The lowest BCUT2D eigenvalue weighted by molar-refractivity contribution is 0.276. The monoisotopic (exact) mass is 287 g/mol. The van der Waals surface area contributed by atoms with Crippen LogP contribution >= 0.6 is 0 Å². The standard InChI is InChI=1S/C17H21NO3/c1-11-8-13(9-12(2)17(11)20)16(10-19)18-14-4-6-15(21-3)7-5-14/h4-9,16,18-20H,10H2,1-3H3. The van der Waals surface area contributed by atoms with Gasteiger partial charge in [-0.05, 0) is 54.8 Å². The minimum atomic E-state index is -0.226. The lowest BCUT2D eigenvalue weighted by Gasteiger charge is -2.20. The number of phenols is 1. The highest BCUT2D eigenvalue weighted by Crippen LogP contribution is 2.28. The van der Waals surface area contributed by atoms with Crippen molar-refractivity contribution in [1.82, 2.24) is 0 Å².